The Bertz CT molecular complexity index is 405. The number of hydrogen-bond acceptors (Lipinski definition) is 2. The van der Waals surface area contributed by atoms with E-state index in [1.165, 1.54) is 12.1 Å². The average Bonchev–Trinajstić information content (AvgIpc) is 2.40. The van der Waals surface area contributed by atoms with Gasteiger partial charge in [-0.2, -0.15) is 0 Å². The zero-order chi connectivity index (χ0) is 14.3. The summed E-state index contributed by atoms with van der Waals surface area (Å²) in [7, 11) is 0. The molecule has 4 heteroatoms. The van der Waals surface area contributed by atoms with Crippen LogP contribution in [0.5, 0.6) is 0 Å². The van der Waals surface area contributed by atoms with Crippen molar-refractivity contribution in [1.29, 1.82) is 0 Å². The molecule has 0 aliphatic heterocycles. The van der Waals surface area contributed by atoms with Crippen molar-refractivity contribution in [2.75, 3.05) is 18.0 Å². The SMILES string of the molecule is CCC(CC)C(=O)N(CCCN)c1cccc(F)c1. The Morgan fingerprint density at radius 2 is 2.05 bits per heavy atom. The van der Waals surface area contributed by atoms with Crippen LogP contribution in [0.1, 0.15) is 33.1 Å². The number of amides is 1. The highest BCUT2D eigenvalue weighted by Gasteiger charge is 2.22. The third-order valence-corrected chi connectivity index (χ3v) is 3.31. The number of rotatable bonds is 7. The van der Waals surface area contributed by atoms with Crippen molar-refractivity contribution in [3.8, 4) is 0 Å². The molecule has 1 aromatic rings. The van der Waals surface area contributed by atoms with E-state index in [-0.39, 0.29) is 17.6 Å². The van der Waals surface area contributed by atoms with Crippen molar-refractivity contribution in [2.45, 2.75) is 33.1 Å². The molecule has 1 amide bonds. The summed E-state index contributed by atoms with van der Waals surface area (Å²) < 4.78 is 13.3. The molecule has 0 aliphatic carbocycles. The van der Waals surface area contributed by atoms with Crippen LogP contribution >= 0.6 is 0 Å². The van der Waals surface area contributed by atoms with Crippen LogP contribution in [0, 0.1) is 11.7 Å². The van der Waals surface area contributed by atoms with Crippen LogP contribution in [0.25, 0.3) is 0 Å². The van der Waals surface area contributed by atoms with E-state index in [4.69, 9.17) is 5.73 Å². The minimum Gasteiger partial charge on any atom is -0.330 e. The number of nitrogens with two attached hydrogens (primary N) is 1. The van der Waals surface area contributed by atoms with Crippen LogP contribution in [0.4, 0.5) is 10.1 Å². The van der Waals surface area contributed by atoms with Gasteiger partial charge in [-0.1, -0.05) is 19.9 Å². The van der Waals surface area contributed by atoms with Gasteiger partial charge in [-0.3, -0.25) is 4.79 Å². The van der Waals surface area contributed by atoms with E-state index in [1.54, 1.807) is 17.0 Å². The predicted molar refractivity (Wildman–Crippen MR) is 76.5 cm³/mol. The van der Waals surface area contributed by atoms with Crippen LogP contribution in [0.2, 0.25) is 0 Å². The fourth-order valence-electron chi connectivity index (χ4n) is 2.12. The van der Waals surface area contributed by atoms with Gasteiger partial charge in [0.2, 0.25) is 5.91 Å². The third kappa shape index (κ3) is 4.31. The summed E-state index contributed by atoms with van der Waals surface area (Å²) in [4.78, 5) is 14.1. The van der Waals surface area contributed by atoms with Crippen LogP contribution in [0.3, 0.4) is 0 Å². The van der Waals surface area contributed by atoms with E-state index in [0.717, 1.165) is 12.8 Å². The van der Waals surface area contributed by atoms with Gasteiger partial charge in [0.1, 0.15) is 5.82 Å². The average molecular weight is 266 g/mol. The predicted octanol–water partition coefficient (Wildman–Crippen LogP) is 2.94. The molecule has 1 rings (SSSR count). The molecule has 0 atom stereocenters. The first-order valence-corrected chi connectivity index (χ1v) is 6.91. The third-order valence-electron chi connectivity index (χ3n) is 3.31. The van der Waals surface area contributed by atoms with Gasteiger partial charge >= 0.3 is 0 Å². The van der Waals surface area contributed by atoms with Crippen molar-refractivity contribution in [2.24, 2.45) is 11.7 Å². The van der Waals surface area contributed by atoms with Gasteiger partial charge in [-0.25, -0.2) is 4.39 Å². The molecule has 1 aromatic carbocycles. The second-order valence-corrected chi connectivity index (χ2v) is 4.63. The summed E-state index contributed by atoms with van der Waals surface area (Å²) in [5, 5.41) is 0. The molecule has 0 heterocycles. The van der Waals surface area contributed by atoms with Crippen LogP contribution in [0.15, 0.2) is 24.3 Å². The zero-order valence-corrected chi connectivity index (χ0v) is 11.7. The van der Waals surface area contributed by atoms with Crippen LogP contribution in [-0.2, 0) is 4.79 Å². The van der Waals surface area contributed by atoms with Crippen molar-refractivity contribution in [3.05, 3.63) is 30.1 Å². The van der Waals surface area contributed by atoms with Crippen LogP contribution in [-0.4, -0.2) is 19.0 Å². The standard InChI is InChI=1S/C15H23FN2O/c1-3-12(4-2)15(19)18(10-6-9-17)14-8-5-7-13(16)11-14/h5,7-8,11-12H,3-4,6,9-10,17H2,1-2H3. The van der Waals surface area contributed by atoms with E-state index in [9.17, 15) is 9.18 Å². The largest absolute Gasteiger partial charge is 0.330 e. The second-order valence-electron chi connectivity index (χ2n) is 4.63. The van der Waals surface area contributed by atoms with Crippen molar-refractivity contribution < 1.29 is 9.18 Å². The molecular weight excluding hydrogens is 243 g/mol. The topological polar surface area (TPSA) is 46.3 Å². The first-order valence-electron chi connectivity index (χ1n) is 6.91. The number of hydrogen-bond donors (Lipinski definition) is 1. The van der Waals surface area contributed by atoms with Gasteiger partial charge in [0.25, 0.3) is 0 Å². The van der Waals surface area contributed by atoms with E-state index in [1.807, 2.05) is 13.8 Å². The van der Waals surface area contributed by atoms with Crippen molar-refractivity contribution in [3.63, 3.8) is 0 Å². The molecule has 0 saturated heterocycles. The summed E-state index contributed by atoms with van der Waals surface area (Å²) >= 11 is 0. The van der Waals surface area contributed by atoms with Gasteiger partial charge in [0, 0.05) is 18.2 Å². The lowest BCUT2D eigenvalue weighted by atomic mass is 10.0. The van der Waals surface area contributed by atoms with E-state index < -0.39 is 0 Å². The van der Waals surface area contributed by atoms with Crippen molar-refractivity contribution in [1.82, 2.24) is 0 Å². The lowest BCUT2D eigenvalue weighted by Crippen LogP contribution is -2.37. The molecule has 0 fully saturated rings. The molecule has 0 spiro atoms. The number of halogens is 1. The first kappa shape index (κ1) is 15.6. The molecule has 0 saturated carbocycles. The summed E-state index contributed by atoms with van der Waals surface area (Å²) in [5.74, 6) is -0.280. The highest BCUT2D eigenvalue weighted by Crippen LogP contribution is 2.21. The number of benzene rings is 1. The Hall–Kier alpha value is -1.42. The van der Waals surface area contributed by atoms with E-state index in [0.29, 0.717) is 25.2 Å². The molecule has 0 radical (unpaired) electrons. The maximum absolute atomic E-state index is 13.3. The summed E-state index contributed by atoms with van der Waals surface area (Å²) in [6.07, 6.45) is 2.30. The summed E-state index contributed by atoms with van der Waals surface area (Å²) in [6, 6.07) is 6.17. The Morgan fingerprint density at radius 1 is 1.37 bits per heavy atom. The normalized spacial score (nSPS) is 10.8. The molecule has 0 unspecified atom stereocenters. The molecule has 3 nitrogen and oxygen atoms in total. The van der Waals surface area contributed by atoms with Crippen LogP contribution < -0.4 is 10.6 Å². The van der Waals surface area contributed by atoms with E-state index in [2.05, 4.69) is 0 Å². The monoisotopic (exact) mass is 266 g/mol. The fraction of sp³-hybridized carbons (Fsp3) is 0.533. The minimum atomic E-state index is -0.326. The van der Waals surface area contributed by atoms with Gasteiger partial charge in [-0.05, 0) is 44.0 Å². The second kappa shape index (κ2) is 7.89. The lowest BCUT2D eigenvalue weighted by molar-refractivity contribution is -0.122. The molecule has 0 aromatic heterocycles. The van der Waals surface area contributed by atoms with E-state index >= 15 is 0 Å². The lowest BCUT2D eigenvalue weighted by Gasteiger charge is -2.26. The summed E-state index contributed by atoms with van der Waals surface area (Å²) in [6.45, 7) is 5.05. The quantitative estimate of drug-likeness (QED) is 0.824. The number of carbonyl (C=O) groups is 1. The minimum absolute atomic E-state index is 0.0129. The Kier molecular flexibility index (Phi) is 6.50. The Morgan fingerprint density at radius 3 is 2.58 bits per heavy atom. The fourth-order valence-corrected chi connectivity index (χ4v) is 2.12. The maximum Gasteiger partial charge on any atom is 0.230 e. The highest BCUT2D eigenvalue weighted by atomic mass is 19.1. The Balaban J connectivity index is 2.96. The van der Waals surface area contributed by atoms with Gasteiger partial charge in [0.15, 0.2) is 0 Å². The summed E-state index contributed by atoms with van der Waals surface area (Å²) in [5.41, 5.74) is 6.13. The van der Waals surface area contributed by atoms with Gasteiger partial charge in [0.05, 0.1) is 0 Å². The molecule has 106 valence electrons. The molecular formula is C15H23FN2O. The smallest absolute Gasteiger partial charge is 0.230 e. The van der Waals surface area contributed by atoms with Crippen molar-refractivity contribution >= 4 is 11.6 Å². The maximum atomic E-state index is 13.3. The number of carbonyl (C=O) groups excluding carboxylic acids is 1. The first-order chi connectivity index (χ1) is 9.13. The van der Waals surface area contributed by atoms with Gasteiger partial charge in [-0.15, -0.1) is 0 Å². The zero-order valence-electron chi connectivity index (χ0n) is 11.7. The van der Waals surface area contributed by atoms with Gasteiger partial charge < -0.3 is 10.6 Å². The molecule has 19 heavy (non-hydrogen) atoms. The highest BCUT2D eigenvalue weighted by molar-refractivity contribution is 5.94. The molecule has 0 aliphatic rings. The number of nitrogens with zero attached hydrogens (tertiary/aromatic N) is 1. The molecule has 2 N–H and O–H groups in total. The molecule has 0 bridgehead atoms. The Labute approximate surface area is 114 Å². The number of anilines is 1.